The molecule has 112 valence electrons. The van der Waals surface area contributed by atoms with Crippen molar-refractivity contribution in [3.63, 3.8) is 0 Å². The van der Waals surface area contributed by atoms with E-state index < -0.39 is 0 Å². The van der Waals surface area contributed by atoms with Crippen LogP contribution in [0.1, 0.15) is 23.9 Å². The Morgan fingerprint density at radius 1 is 1.29 bits per heavy atom. The number of methoxy groups -OCH3 is 1. The van der Waals surface area contributed by atoms with E-state index in [4.69, 9.17) is 4.74 Å². The Hall–Kier alpha value is -2.21. The topological polar surface area (TPSA) is 69.0 Å². The standard InChI is InChI=1S/C15H20N4O2/c1-3-19-11-17-18-14(19)10-16-9-13-7-5-4-6-12(13)8-15(20)21-2/h4-7,11,16H,3,8-10H2,1-2H3. The van der Waals surface area contributed by atoms with Crippen molar-refractivity contribution in [2.24, 2.45) is 0 Å². The molecule has 0 atom stereocenters. The third-order valence-corrected chi connectivity index (χ3v) is 3.32. The van der Waals surface area contributed by atoms with Crippen LogP contribution in [-0.2, 0) is 35.6 Å². The van der Waals surface area contributed by atoms with Crippen LogP contribution in [-0.4, -0.2) is 27.8 Å². The second-order valence-electron chi connectivity index (χ2n) is 4.66. The summed E-state index contributed by atoms with van der Waals surface area (Å²) in [7, 11) is 1.40. The Bertz CT molecular complexity index is 595. The fourth-order valence-electron chi connectivity index (χ4n) is 2.12. The number of esters is 1. The Labute approximate surface area is 124 Å². The Morgan fingerprint density at radius 2 is 2.05 bits per heavy atom. The number of aryl methyl sites for hydroxylation is 1. The van der Waals surface area contributed by atoms with Crippen molar-refractivity contribution < 1.29 is 9.53 Å². The fourth-order valence-corrected chi connectivity index (χ4v) is 2.12. The van der Waals surface area contributed by atoms with Gasteiger partial charge < -0.3 is 14.6 Å². The number of nitrogens with zero attached hydrogens (tertiary/aromatic N) is 3. The predicted octanol–water partition coefficient (Wildman–Crippen LogP) is 1.30. The van der Waals surface area contributed by atoms with Crippen LogP contribution < -0.4 is 5.32 Å². The second kappa shape index (κ2) is 7.54. The normalized spacial score (nSPS) is 10.6. The molecular weight excluding hydrogens is 268 g/mol. The molecule has 0 aliphatic rings. The molecule has 2 aromatic rings. The maximum absolute atomic E-state index is 11.4. The first-order valence-electron chi connectivity index (χ1n) is 6.95. The summed E-state index contributed by atoms with van der Waals surface area (Å²) in [6, 6.07) is 7.85. The molecule has 21 heavy (non-hydrogen) atoms. The zero-order chi connectivity index (χ0) is 15.1. The van der Waals surface area contributed by atoms with Gasteiger partial charge >= 0.3 is 5.97 Å². The van der Waals surface area contributed by atoms with Crippen molar-refractivity contribution in [2.45, 2.75) is 33.0 Å². The molecule has 0 bridgehead atoms. The lowest BCUT2D eigenvalue weighted by Crippen LogP contribution is -2.18. The zero-order valence-corrected chi connectivity index (χ0v) is 12.4. The molecule has 0 amide bonds. The number of hydrogen-bond donors (Lipinski definition) is 1. The van der Waals surface area contributed by atoms with E-state index in [1.807, 2.05) is 28.8 Å². The summed E-state index contributed by atoms with van der Waals surface area (Å²) in [6.07, 6.45) is 2.02. The molecule has 6 nitrogen and oxygen atoms in total. The van der Waals surface area contributed by atoms with Crippen molar-refractivity contribution in [1.29, 1.82) is 0 Å². The van der Waals surface area contributed by atoms with Gasteiger partial charge in [-0.3, -0.25) is 4.79 Å². The van der Waals surface area contributed by atoms with Crippen LogP contribution in [0.2, 0.25) is 0 Å². The van der Waals surface area contributed by atoms with Gasteiger partial charge in [0, 0.05) is 13.1 Å². The van der Waals surface area contributed by atoms with E-state index in [2.05, 4.69) is 22.4 Å². The highest BCUT2D eigenvalue weighted by Gasteiger charge is 2.08. The van der Waals surface area contributed by atoms with Crippen molar-refractivity contribution in [3.05, 3.63) is 47.5 Å². The molecule has 0 saturated carbocycles. The molecular formula is C15H20N4O2. The number of rotatable bonds is 7. The van der Waals surface area contributed by atoms with E-state index in [0.29, 0.717) is 19.5 Å². The molecule has 1 heterocycles. The van der Waals surface area contributed by atoms with Gasteiger partial charge in [-0.15, -0.1) is 10.2 Å². The first kappa shape index (κ1) is 15.2. The van der Waals surface area contributed by atoms with Crippen molar-refractivity contribution in [1.82, 2.24) is 20.1 Å². The summed E-state index contributed by atoms with van der Waals surface area (Å²) in [6.45, 7) is 4.21. The van der Waals surface area contributed by atoms with Crippen LogP contribution in [0, 0.1) is 0 Å². The SMILES string of the molecule is CCn1cnnc1CNCc1ccccc1CC(=O)OC. The van der Waals surface area contributed by atoms with E-state index in [0.717, 1.165) is 23.5 Å². The molecule has 0 aliphatic carbocycles. The van der Waals surface area contributed by atoms with Gasteiger partial charge in [0.1, 0.15) is 12.2 Å². The number of carbonyl (C=O) groups is 1. The third kappa shape index (κ3) is 4.13. The van der Waals surface area contributed by atoms with E-state index in [1.165, 1.54) is 7.11 Å². The monoisotopic (exact) mass is 288 g/mol. The largest absolute Gasteiger partial charge is 0.469 e. The molecule has 6 heteroatoms. The van der Waals surface area contributed by atoms with Gasteiger partial charge in [-0.05, 0) is 18.1 Å². The van der Waals surface area contributed by atoms with Gasteiger partial charge in [0.2, 0.25) is 0 Å². The van der Waals surface area contributed by atoms with Crippen LogP contribution >= 0.6 is 0 Å². The highest BCUT2D eigenvalue weighted by Crippen LogP contribution is 2.10. The first-order valence-corrected chi connectivity index (χ1v) is 6.95. The van der Waals surface area contributed by atoms with Gasteiger partial charge in [0.15, 0.2) is 0 Å². The molecule has 1 aromatic heterocycles. The predicted molar refractivity (Wildman–Crippen MR) is 78.4 cm³/mol. The quantitative estimate of drug-likeness (QED) is 0.778. The lowest BCUT2D eigenvalue weighted by atomic mass is 10.0. The van der Waals surface area contributed by atoms with Crippen LogP contribution in [0.5, 0.6) is 0 Å². The summed E-state index contributed by atoms with van der Waals surface area (Å²) in [5, 5.41) is 11.3. The summed E-state index contributed by atoms with van der Waals surface area (Å²) >= 11 is 0. The minimum atomic E-state index is -0.229. The summed E-state index contributed by atoms with van der Waals surface area (Å²) in [5.74, 6) is 0.677. The van der Waals surface area contributed by atoms with Crippen molar-refractivity contribution in [2.75, 3.05) is 7.11 Å². The number of aromatic nitrogens is 3. The summed E-state index contributed by atoms with van der Waals surface area (Å²) in [4.78, 5) is 11.4. The molecule has 0 spiro atoms. The molecule has 0 radical (unpaired) electrons. The maximum Gasteiger partial charge on any atom is 0.309 e. The van der Waals surface area contributed by atoms with Crippen LogP contribution in [0.4, 0.5) is 0 Å². The van der Waals surface area contributed by atoms with E-state index in [-0.39, 0.29) is 5.97 Å². The third-order valence-electron chi connectivity index (χ3n) is 3.32. The van der Waals surface area contributed by atoms with Crippen LogP contribution in [0.15, 0.2) is 30.6 Å². The van der Waals surface area contributed by atoms with Gasteiger partial charge in [-0.2, -0.15) is 0 Å². The number of benzene rings is 1. The highest BCUT2D eigenvalue weighted by molar-refractivity contribution is 5.72. The van der Waals surface area contributed by atoms with Crippen molar-refractivity contribution >= 4 is 5.97 Å². The fraction of sp³-hybridized carbons (Fsp3) is 0.400. The average molecular weight is 288 g/mol. The van der Waals surface area contributed by atoms with Gasteiger partial charge in [-0.25, -0.2) is 0 Å². The molecule has 0 unspecified atom stereocenters. The molecule has 2 rings (SSSR count). The minimum Gasteiger partial charge on any atom is -0.469 e. The Morgan fingerprint density at radius 3 is 2.76 bits per heavy atom. The second-order valence-corrected chi connectivity index (χ2v) is 4.66. The van der Waals surface area contributed by atoms with E-state index in [9.17, 15) is 4.79 Å². The number of hydrogen-bond acceptors (Lipinski definition) is 5. The van der Waals surface area contributed by atoms with Crippen LogP contribution in [0.25, 0.3) is 0 Å². The van der Waals surface area contributed by atoms with E-state index in [1.54, 1.807) is 6.33 Å². The Kier molecular flexibility index (Phi) is 5.45. The van der Waals surface area contributed by atoms with Crippen molar-refractivity contribution in [3.8, 4) is 0 Å². The average Bonchev–Trinajstić information content (AvgIpc) is 2.96. The zero-order valence-electron chi connectivity index (χ0n) is 12.4. The van der Waals surface area contributed by atoms with Crippen LogP contribution in [0.3, 0.4) is 0 Å². The lowest BCUT2D eigenvalue weighted by molar-refractivity contribution is -0.139. The first-order chi connectivity index (χ1) is 10.2. The maximum atomic E-state index is 11.4. The highest BCUT2D eigenvalue weighted by atomic mass is 16.5. The lowest BCUT2D eigenvalue weighted by Gasteiger charge is -2.10. The molecule has 0 aliphatic heterocycles. The smallest absolute Gasteiger partial charge is 0.309 e. The van der Waals surface area contributed by atoms with Gasteiger partial charge in [0.25, 0.3) is 0 Å². The number of carbonyl (C=O) groups excluding carboxylic acids is 1. The van der Waals surface area contributed by atoms with Gasteiger partial charge in [0.05, 0.1) is 20.1 Å². The number of ether oxygens (including phenoxy) is 1. The van der Waals surface area contributed by atoms with Gasteiger partial charge in [-0.1, -0.05) is 24.3 Å². The van der Waals surface area contributed by atoms with E-state index >= 15 is 0 Å². The molecule has 0 fully saturated rings. The molecule has 1 aromatic carbocycles. The summed E-state index contributed by atoms with van der Waals surface area (Å²) < 4.78 is 6.72. The Balaban J connectivity index is 1.95. The number of nitrogens with one attached hydrogen (secondary N) is 1. The molecule has 1 N–H and O–H groups in total. The molecule has 0 saturated heterocycles. The minimum absolute atomic E-state index is 0.229. The summed E-state index contributed by atoms with van der Waals surface area (Å²) in [5.41, 5.74) is 2.07.